The van der Waals surface area contributed by atoms with Gasteiger partial charge >= 0.3 is 0 Å². The van der Waals surface area contributed by atoms with Crippen LogP contribution in [-0.4, -0.2) is 41.5 Å². The topological polar surface area (TPSA) is 84.3 Å². The van der Waals surface area contributed by atoms with Crippen molar-refractivity contribution in [3.8, 4) is 0 Å². The van der Waals surface area contributed by atoms with Crippen molar-refractivity contribution in [3.63, 3.8) is 0 Å². The van der Waals surface area contributed by atoms with Crippen LogP contribution in [-0.2, 0) is 23.1 Å². The van der Waals surface area contributed by atoms with Crippen molar-refractivity contribution in [2.75, 3.05) is 13.1 Å². The van der Waals surface area contributed by atoms with Crippen molar-refractivity contribution in [2.45, 2.75) is 30.8 Å². The lowest BCUT2D eigenvalue weighted by atomic mass is 10.1. The second-order valence-electron chi connectivity index (χ2n) is 6.93. The van der Waals surface area contributed by atoms with Gasteiger partial charge in [-0.3, -0.25) is 9.48 Å². The smallest absolute Gasteiger partial charge is 0.263 e. The van der Waals surface area contributed by atoms with Crippen LogP contribution in [0.4, 0.5) is 0 Å². The third-order valence-electron chi connectivity index (χ3n) is 4.90. The Hall–Kier alpha value is -2.49. The first kappa shape index (κ1) is 19.8. The predicted molar refractivity (Wildman–Crippen MR) is 111 cm³/mol. The Kier molecular flexibility index (Phi) is 5.79. The first-order chi connectivity index (χ1) is 14.0. The molecule has 2 aromatic heterocycles. The van der Waals surface area contributed by atoms with E-state index in [4.69, 9.17) is 0 Å². The van der Waals surface area contributed by atoms with Gasteiger partial charge in [0.1, 0.15) is 9.77 Å². The molecule has 3 aromatic rings. The van der Waals surface area contributed by atoms with E-state index in [1.807, 2.05) is 41.2 Å². The van der Waals surface area contributed by atoms with Gasteiger partial charge in [0.05, 0.1) is 6.54 Å². The van der Waals surface area contributed by atoms with Gasteiger partial charge in [-0.15, -0.1) is 11.3 Å². The average Bonchev–Trinajstić information content (AvgIpc) is 3.49. The molecule has 3 heterocycles. The highest BCUT2D eigenvalue weighted by molar-refractivity contribution is 7.89. The quantitative estimate of drug-likeness (QED) is 0.625. The minimum Gasteiger partial charge on any atom is -0.347 e. The lowest BCUT2D eigenvalue weighted by Crippen LogP contribution is -2.30. The predicted octanol–water partition coefficient (Wildman–Crippen LogP) is 2.71. The van der Waals surface area contributed by atoms with E-state index < -0.39 is 10.0 Å². The average molecular weight is 431 g/mol. The number of nitrogens with one attached hydrogen (secondary N) is 1. The largest absolute Gasteiger partial charge is 0.347 e. The zero-order chi connectivity index (χ0) is 20.3. The van der Waals surface area contributed by atoms with Crippen LogP contribution < -0.4 is 5.32 Å². The maximum absolute atomic E-state index is 12.8. The molecular weight excluding hydrogens is 408 g/mol. The van der Waals surface area contributed by atoms with Crippen LogP contribution in [0.1, 0.15) is 33.6 Å². The Morgan fingerprint density at radius 2 is 1.83 bits per heavy atom. The summed E-state index contributed by atoms with van der Waals surface area (Å²) >= 11 is 1.16. The third kappa shape index (κ3) is 4.42. The monoisotopic (exact) mass is 430 g/mol. The number of thiophene rings is 1. The lowest BCUT2D eigenvalue weighted by Gasteiger charge is -2.15. The lowest BCUT2D eigenvalue weighted by molar-refractivity contribution is 0.0952. The summed E-state index contributed by atoms with van der Waals surface area (Å²) in [6.45, 7) is 2.06. The van der Waals surface area contributed by atoms with Gasteiger partial charge in [0.25, 0.3) is 5.91 Å². The molecule has 0 saturated carbocycles. The molecule has 1 amide bonds. The van der Waals surface area contributed by atoms with E-state index in [2.05, 4.69) is 10.4 Å². The van der Waals surface area contributed by atoms with Crippen molar-refractivity contribution >= 4 is 27.3 Å². The van der Waals surface area contributed by atoms with E-state index in [-0.39, 0.29) is 15.7 Å². The normalized spacial score (nSPS) is 14.9. The highest BCUT2D eigenvalue weighted by Gasteiger charge is 2.31. The summed E-state index contributed by atoms with van der Waals surface area (Å²) in [5, 5.41) is 8.68. The number of hydrogen-bond acceptors (Lipinski definition) is 5. The Morgan fingerprint density at radius 1 is 1.10 bits per heavy atom. The summed E-state index contributed by atoms with van der Waals surface area (Å²) in [4.78, 5) is 13.0. The van der Waals surface area contributed by atoms with E-state index >= 15 is 0 Å². The molecule has 1 aromatic carbocycles. The van der Waals surface area contributed by atoms with Gasteiger partial charge < -0.3 is 5.32 Å². The van der Waals surface area contributed by atoms with E-state index in [0.29, 0.717) is 26.2 Å². The fraction of sp³-hybridized carbons (Fsp3) is 0.300. The van der Waals surface area contributed by atoms with Crippen molar-refractivity contribution < 1.29 is 13.2 Å². The van der Waals surface area contributed by atoms with Crippen molar-refractivity contribution in [1.29, 1.82) is 0 Å². The van der Waals surface area contributed by atoms with Crippen LogP contribution in [0.5, 0.6) is 0 Å². The summed E-state index contributed by atoms with van der Waals surface area (Å²) in [6.07, 6.45) is 5.37. The fourth-order valence-corrected chi connectivity index (χ4v) is 6.17. The zero-order valence-corrected chi connectivity index (χ0v) is 17.5. The number of hydrogen-bond donors (Lipinski definition) is 1. The summed E-state index contributed by atoms with van der Waals surface area (Å²) in [5.41, 5.74) is 2.06. The van der Waals surface area contributed by atoms with E-state index in [1.54, 1.807) is 11.6 Å². The highest BCUT2D eigenvalue weighted by atomic mass is 32.2. The van der Waals surface area contributed by atoms with Crippen LogP contribution in [0.3, 0.4) is 0 Å². The Balaban J connectivity index is 1.40. The fourth-order valence-electron chi connectivity index (χ4n) is 3.34. The number of carbonyl (C=O) groups is 1. The van der Waals surface area contributed by atoms with Gasteiger partial charge in [-0.2, -0.15) is 9.40 Å². The molecule has 0 radical (unpaired) electrons. The van der Waals surface area contributed by atoms with Crippen LogP contribution in [0.15, 0.2) is 59.1 Å². The second kappa shape index (κ2) is 8.48. The molecule has 1 aliphatic rings. The van der Waals surface area contributed by atoms with Crippen LogP contribution in [0.2, 0.25) is 0 Å². The van der Waals surface area contributed by atoms with E-state index in [0.717, 1.165) is 35.3 Å². The highest BCUT2D eigenvalue weighted by Crippen LogP contribution is 2.27. The number of aromatic nitrogens is 2. The van der Waals surface area contributed by atoms with E-state index in [1.165, 1.54) is 10.4 Å². The number of sulfonamides is 1. The van der Waals surface area contributed by atoms with Crippen LogP contribution in [0, 0.1) is 0 Å². The van der Waals surface area contributed by atoms with Crippen molar-refractivity contribution in [3.05, 3.63) is 70.2 Å². The third-order valence-corrected chi connectivity index (χ3v) is 7.88. The Bertz CT molecular complexity index is 1070. The number of benzene rings is 1. The molecule has 7 nitrogen and oxygen atoms in total. The molecule has 9 heteroatoms. The minimum atomic E-state index is -3.61. The van der Waals surface area contributed by atoms with Gasteiger partial charge in [0.2, 0.25) is 10.0 Å². The van der Waals surface area contributed by atoms with Crippen LogP contribution >= 0.6 is 11.3 Å². The standard InChI is InChI=1S/C20H22N4O3S2/c25-20(19-18(8-13-28-19)29(26,27)24-11-1-2-12-24)21-14-16-4-6-17(7-5-16)15-23-10-3-9-22-23/h3-10,13H,1-2,11-12,14-15H2,(H,21,25). The molecular formula is C20H22N4O3S2. The maximum atomic E-state index is 12.8. The summed E-state index contributed by atoms with van der Waals surface area (Å²) in [6, 6.07) is 11.3. The molecule has 152 valence electrons. The molecule has 0 aliphatic carbocycles. The number of rotatable bonds is 7. The van der Waals surface area contributed by atoms with Gasteiger partial charge in [-0.25, -0.2) is 8.42 Å². The summed E-state index contributed by atoms with van der Waals surface area (Å²) in [7, 11) is -3.61. The SMILES string of the molecule is O=C(NCc1ccc(Cn2cccn2)cc1)c1sccc1S(=O)(=O)N1CCCC1. The number of nitrogens with zero attached hydrogens (tertiary/aromatic N) is 3. The molecule has 4 rings (SSSR count). The molecule has 1 aliphatic heterocycles. The molecule has 1 saturated heterocycles. The molecule has 1 fully saturated rings. The molecule has 0 bridgehead atoms. The first-order valence-electron chi connectivity index (χ1n) is 9.45. The molecule has 0 unspecified atom stereocenters. The summed E-state index contributed by atoms with van der Waals surface area (Å²) in [5.74, 6) is -0.363. The van der Waals surface area contributed by atoms with Gasteiger partial charge in [0.15, 0.2) is 0 Å². The second-order valence-corrected chi connectivity index (χ2v) is 9.75. The van der Waals surface area contributed by atoms with Gasteiger partial charge in [-0.05, 0) is 41.5 Å². The Labute approximate surface area is 174 Å². The molecule has 1 N–H and O–H groups in total. The van der Waals surface area contributed by atoms with Crippen LogP contribution in [0.25, 0.3) is 0 Å². The van der Waals surface area contributed by atoms with Gasteiger partial charge in [-0.1, -0.05) is 24.3 Å². The van der Waals surface area contributed by atoms with Crippen molar-refractivity contribution in [2.24, 2.45) is 0 Å². The molecule has 0 atom stereocenters. The minimum absolute atomic E-state index is 0.108. The summed E-state index contributed by atoms with van der Waals surface area (Å²) < 4.78 is 28.9. The number of amides is 1. The number of carbonyl (C=O) groups excluding carboxylic acids is 1. The Morgan fingerprint density at radius 3 is 2.52 bits per heavy atom. The molecule has 29 heavy (non-hydrogen) atoms. The van der Waals surface area contributed by atoms with Gasteiger partial charge in [0, 0.05) is 32.0 Å². The first-order valence-corrected chi connectivity index (χ1v) is 11.8. The molecule has 0 spiro atoms. The van der Waals surface area contributed by atoms with E-state index in [9.17, 15) is 13.2 Å². The maximum Gasteiger partial charge on any atom is 0.263 e. The zero-order valence-electron chi connectivity index (χ0n) is 15.8. The van der Waals surface area contributed by atoms with Crippen molar-refractivity contribution in [1.82, 2.24) is 19.4 Å².